The molecule has 0 radical (unpaired) electrons. The molecule has 4 rings (SSSR count). The largest absolute Gasteiger partial charge is 0.484 e. The van der Waals surface area contributed by atoms with E-state index in [2.05, 4.69) is 10.6 Å². The molecule has 35 heavy (non-hydrogen) atoms. The Morgan fingerprint density at radius 1 is 1.17 bits per heavy atom. The molecule has 0 aromatic heterocycles. The van der Waals surface area contributed by atoms with Crippen molar-refractivity contribution in [2.45, 2.75) is 45.6 Å². The van der Waals surface area contributed by atoms with Crippen molar-refractivity contribution in [1.82, 2.24) is 5.32 Å². The summed E-state index contributed by atoms with van der Waals surface area (Å²) in [5.74, 6) is -0.271. The third kappa shape index (κ3) is 6.19. The molecule has 0 unspecified atom stereocenters. The second-order valence-corrected chi connectivity index (χ2v) is 9.08. The standard InChI is InChI=1S/C27H33N3O5/c1-3-19-7-4-6-18(2)26(19)29-24(31)17-35-22-11-9-21(10-12-22)30-16-20(14-25(30)32)27(33)28-15-23-8-5-13-34-23/h4,6-7,9-12,20,23H,3,5,8,13-17H2,1-2H3,(H,28,33)(H,29,31)/t20-,23-/m0/s1. The molecule has 0 spiro atoms. The number of nitrogens with one attached hydrogen (secondary N) is 2. The highest BCUT2D eigenvalue weighted by Gasteiger charge is 2.35. The number of ether oxygens (including phenoxy) is 2. The second kappa shape index (κ2) is 11.4. The average molecular weight is 480 g/mol. The van der Waals surface area contributed by atoms with Crippen LogP contribution in [0.2, 0.25) is 0 Å². The van der Waals surface area contributed by atoms with Gasteiger partial charge in [0.15, 0.2) is 6.61 Å². The molecule has 186 valence electrons. The Hall–Kier alpha value is -3.39. The van der Waals surface area contributed by atoms with Gasteiger partial charge in [0.1, 0.15) is 5.75 Å². The van der Waals surface area contributed by atoms with Crippen LogP contribution in [0.5, 0.6) is 5.75 Å². The molecule has 2 aromatic rings. The second-order valence-electron chi connectivity index (χ2n) is 9.08. The van der Waals surface area contributed by atoms with Crippen LogP contribution in [0.25, 0.3) is 0 Å². The lowest BCUT2D eigenvalue weighted by molar-refractivity contribution is -0.126. The highest BCUT2D eigenvalue weighted by atomic mass is 16.5. The predicted molar refractivity (Wildman–Crippen MR) is 134 cm³/mol. The quantitative estimate of drug-likeness (QED) is 0.576. The Balaban J connectivity index is 1.27. The van der Waals surface area contributed by atoms with E-state index in [1.807, 2.05) is 32.0 Å². The van der Waals surface area contributed by atoms with E-state index in [1.165, 1.54) is 0 Å². The monoisotopic (exact) mass is 479 g/mol. The van der Waals surface area contributed by atoms with Gasteiger partial charge in [-0.3, -0.25) is 14.4 Å². The van der Waals surface area contributed by atoms with E-state index < -0.39 is 0 Å². The molecule has 2 heterocycles. The number of benzene rings is 2. The SMILES string of the molecule is CCc1cccc(C)c1NC(=O)COc1ccc(N2C[C@@H](C(=O)NC[C@@H]3CCCO3)CC2=O)cc1. The van der Waals surface area contributed by atoms with Crippen LogP contribution < -0.4 is 20.3 Å². The van der Waals surface area contributed by atoms with Crippen molar-refractivity contribution in [3.8, 4) is 5.75 Å². The summed E-state index contributed by atoms with van der Waals surface area (Å²) in [4.78, 5) is 39.1. The minimum atomic E-state index is -0.377. The van der Waals surface area contributed by atoms with Gasteiger partial charge in [-0.1, -0.05) is 25.1 Å². The minimum absolute atomic E-state index is 0.0761. The van der Waals surface area contributed by atoms with Crippen LogP contribution >= 0.6 is 0 Å². The van der Waals surface area contributed by atoms with Gasteiger partial charge in [-0.2, -0.15) is 0 Å². The number of hydrogen-bond acceptors (Lipinski definition) is 5. The Kier molecular flexibility index (Phi) is 8.02. The summed E-state index contributed by atoms with van der Waals surface area (Å²) in [6, 6.07) is 12.9. The third-order valence-corrected chi connectivity index (χ3v) is 6.55. The van der Waals surface area contributed by atoms with Gasteiger partial charge in [0.25, 0.3) is 5.91 Å². The predicted octanol–water partition coefficient (Wildman–Crippen LogP) is 3.22. The van der Waals surface area contributed by atoms with Gasteiger partial charge in [0, 0.05) is 37.5 Å². The van der Waals surface area contributed by atoms with E-state index >= 15 is 0 Å². The first-order chi connectivity index (χ1) is 16.9. The van der Waals surface area contributed by atoms with Gasteiger partial charge in [-0.15, -0.1) is 0 Å². The van der Waals surface area contributed by atoms with Gasteiger partial charge < -0.3 is 25.0 Å². The van der Waals surface area contributed by atoms with E-state index in [9.17, 15) is 14.4 Å². The first kappa shape index (κ1) is 24.7. The molecule has 8 nitrogen and oxygen atoms in total. The van der Waals surface area contributed by atoms with E-state index in [4.69, 9.17) is 9.47 Å². The Bertz CT molecular complexity index is 1060. The van der Waals surface area contributed by atoms with Crippen LogP contribution in [0.4, 0.5) is 11.4 Å². The molecule has 2 saturated heterocycles. The highest BCUT2D eigenvalue weighted by molar-refractivity contribution is 6.00. The summed E-state index contributed by atoms with van der Waals surface area (Å²) in [6.07, 6.45) is 3.07. The summed E-state index contributed by atoms with van der Waals surface area (Å²) in [7, 11) is 0. The first-order valence-corrected chi connectivity index (χ1v) is 12.3. The van der Waals surface area contributed by atoms with Gasteiger partial charge in [0.2, 0.25) is 11.8 Å². The van der Waals surface area contributed by atoms with E-state index in [1.54, 1.807) is 29.2 Å². The topological polar surface area (TPSA) is 97.0 Å². The fourth-order valence-electron chi connectivity index (χ4n) is 4.55. The number of rotatable bonds is 9. The third-order valence-electron chi connectivity index (χ3n) is 6.55. The molecule has 0 bridgehead atoms. The van der Waals surface area contributed by atoms with Gasteiger partial charge in [0.05, 0.1) is 12.0 Å². The molecular weight excluding hydrogens is 446 g/mol. The Labute approximate surface area is 206 Å². The van der Waals surface area contributed by atoms with Crippen LogP contribution in [-0.2, 0) is 25.5 Å². The van der Waals surface area contributed by atoms with Gasteiger partial charge in [-0.05, 0) is 61.6 Å². The van der Waals surface area contributed by atoms with Crippen LogP contribution in [0.15, 0.2) is 42.5 Å². The molecule has 2 aliphatic rings. The van der Waals surface area contributed by atoms with Crippen LogP contribution in [0.1, 0.15) is 37.3 Å². The maximum Gasteiger partial charge on any atom is 0.262 e. The van der Waals surface area contributed by atoms with Crippen molar-refractivity contribution < 1.29 is 23.9 Å². The lowest BCUT2D eigenvalue weighted by atomic mass is 10.1. The zero-order valence-electron chi connectivity index (χ0n) is 20.3. The van der Waals surface area contributed by atoms with Crippen molar-refractivity contribution in [2.24, 2.45) is 5.92 Å². The highest BCUT2D eigenvalue weighted by Crippen LogP contribution is 2.27. The zero-order valence-corrected chi connectivity index (χ0v) is 20.3. The minimum Gasteiger partial charge on any atom is -0.484 e. The number of aryl methyl sites for hydroxylation is 2. The Morgan fingerprint density at radius 3 is 2.69 bits per heavy atom. The van der Waals surface area contributed by atoms with E-state index in [0.29, 0.717) is 24.5 Å². The summed E-state index contributed by atoms with van der Waals surface area (Å²) in [6.45, 7) is 5.47. The maximum absolute atomic E-state index is 12.5. The van der Waals surface area contributed by atoms with Gasteiger partial charge in [-0.25, -0.2) is 0 Å². The number of carbonyl (C=O) groups excluding carboxylic acids is 3. The van der Waals surface area contributed by atoms with Crippen molar-refractivity contribution in [3.63, 3.8) is 0 Å². The smallest absolute Gasteiger partial charge is 0.262 e. The maximum atomic E-state index is 12.5. The van der Waals surface area contributed by atoms with Crippen molar-refractivity contribution in [1.29, 1.82) is 0 Å². The Morgan fingerprint density at radius 2 is 1.97 bits per heavy atom. The average Bonchev–Trinajstić information content (AvgIpc) is 3.52. The summed E-state index contributed by atoms with van der Waals surface area (Å²) in [5, 5.41) is 5.87. The van der Waals surface area contributed by atoms with Crippen LogP contribution in [-0.4, -0.2) is 50.1 Å². The van der Waals surface area contributed by atoms with Crippen LogP contribution in [0, 0.1) is 12.8 Å². The number of hydrogen-bond donors (Lipinski definition) is 2. The van der Waals surface area contributed by atoms with Crippen molar-refractivity contribution in [3.05, 3.63) is 53.6 Å². The summed E-state index contributed by atoms with van der Waals surface area (Å²) < 4.78 is 11.2. The molecular formula is C27H33N3O5. The normalized spacial score (nSPS) is 19.6. The lowest BCUT2D eigenvalue weighted by Gasteiger charge is -2.18. The number of anilines is 2. The molecule has 3 amide bonds. The molecule has 0 aliphatic carbocycles. The number of carbonyl (C=O) groups is 3. The number of amides is 3. The number of para-hydroxylation sites is 1. The van der Waals surface area contributed by atoms with E-state index in [0.717, 1.165) is 42.7 Å². The molecule has 8 heteroatoms. The van der Waals surface area contributed by atoms with Crippen LogP contribution in [0.3, 0.4) is 0 Å². The zero-order chi connectivity index (χ0) is 24.8. The van der Waals surface area contributed by atoms with E-state index in [-0.39, 0.29) is 42.8 Å². The molecule has 2 fully saturated rings. The summed E-state index contributed by atoms with van der Waals surface area (Å²) >= 11 is 0. The lowest BCUT2D eigenvalue weighted by Crippen LogP contribution is -2.37. The molecule has 2 aliphatic heterocycles. The molecule has 0 saturated carbocycles. The molecule has 2 N–H and O–H groups in total. The van der Waals surface area contributed by atoms with Crippen molar-refractivity contribution in [2.75, 3.05) is 36.5 Å². The van der Waals surface area contributed by atoms with Crippen molar-refractivity contribution >= 4 is 29.1 Å². The molecule has 2 atom stereocenters. The molecule has 2 aromatic carbocycles. The fourth-order valence-corrected chi connectivity index (χ4v) is 4.55. The first-order valence-electron chi connectivity index (χ1n) is 12.3. The van der Waals surface area contributed by atoms with Gasteiger partial charge >= 0.3 is 0 Å². The fraction of sp³-hybridized carbons (Fsp3) is 0.444. The number of nitrogens with zero attached hydrogens (tertiary/aromatic N) is 1. The summed E-state index contributed by atoms with van der Waals surface area (Å²) in [5.41, 5.74) is 3.63.